The van der Waals surface area contributed by atoms with Crippen LogP contribution in [0.2, 0.25) is 0 Å². The fraction of sp³-hybridized carbons (Fsp3) is 0.600. The Morgan fingerprint density at radius 2 is 1.88 bits per heavy atom. The van der Waals surface area contributed by atoms with Crippen molar-refractivity contribution in [2.75, 3.05) is 14.2 Å². The van der Waals surface area contributed by atoms with E-state index in [1.54, 1.807) is 0 Å². The smallest absolute Gasteiger partial charge is 0.268 e. The van der Waals surface area contributed by atoms with Crippen LogP contribution >= 0.6 is 11.6 Å². The number of alkyl halides is 1. The van der Waals surface area contributed by atoms with E-state index in [1.807, 2.05) is 0 Å². The van der Waals surface area contributed by atoms with E-state index in [9.17, 15) is 0 Å². The lowest BCUT2D eigenvalue weighted by molar-refractivity contribution is -0.104. The molecule has 0 saturated carbocycles. The van der Waals surface area contributed by atoms with Gasteiger partial charge in [0.15, 0.2) is 0 Å². The Kier molecular flexibility index (Phi) is 3.05. The summed E-state index contributed by atoms with van der Waals surface area (Å²) in [6.07, 6.45) is 1.37. The molecule has 0 fully saturated rings. The molecule has 0 aromatic carbocycles. The Bertz CT molecular complexity index is 78.5. The SMILES string of the molecule is C=CC(Cl)(OC)OC. The van der Waals surface area contributed by atoms with Crippen molar-refractivity contribution < 1.29 is 9.47 Å². The van der Waals surface area contributed by atoms with E-state index in [0.717, 1.165) is 0 Å². The van der Waals surface area contributed by atoms with Crippen LogP contribution in [0.4, 0.5) is 0 Å². The zero-order valence-corrected chi connectivity index (χ0v) is 5.73. The minimum absolute atomic E-state index is 1.14. The van der Waals surface area contributed by atoms with Gasteiger partial charge in [-0.15, -0.1) is 0 Å². The van der Waals surface area contributed by atoms with Gasteiger partial charge in [0.05, 0.1) is 0 Å². The highest BCUT2D eigenvalue weighted by atomic mass is 35.5. The fourth-order valence-corrected chi connectivity index (χ4v) is 0.250. The van der Waals surface area contributed by atoms with Gasteiger partial charge >= 0.3 is 0 Å². The van der Waals surface area contributed by atoms with Crippen LogP contribution in [0.1, 0.15) is 0 Å². The summed E-state index contributed by atoms with van der Waals surface area (Å²) >= 11 is 5.53. The third-order valence-electron chi connectivity index (χ3n) is 0.800. The van der Waals surface area contributed by atoms with E-state index in [0.29, 0.717) is 0 Å². The summed E-state index contributed by atoms with van der Waals surface area (Å²) in [5.41, 5.74) is 0. The molecule has 0 aromatic rings. The first kappa shape index (κ1) is 7.95. The molecule has 0 amide bonds. The van der Waals surface area contributed by atoms with Crippen LogP contribution in [0.5, 0.6) is 0 Å². The normalized spacial score (nSPS) is 11.4. The van der Waals surface area contributed by atoms with Gasteiger partial charge in [0, 0.05) is 14.2 Å². The van der Waals surface area contributed by atoms with Crippen LogP contribution in [0.3, 0.4) is 0 Å². The van der Waals surface area contributed by atoms with Crippen molar-refractivity contribution in [1.82, 2.24) is 0 Å². The predicted molar refractivity (Wildman–Crippen MR) is 32.8 cm³/mol. The molecular weight excluding hydrogens is 128 g/mol. The molecule has 48 valence electrons. The Morgan fingerprint density at radius 1 is 1.50 bits per heavy atom. The van der Waals surface area contributed by atoms with Gasteiger partial charge in [-0.3, -0.25) is 0 Å². The molecule has 0 heterocycles. The Hall–Kier alpha value is -0.0500. The average molecular weight is 137 g/mol. The highest BCUT2D eigenvalue weighted by Crippen LogP contribution is 2.16. The van der Waals surface area contributed by atoms with E-state index in [-0.39, 0.29) is 0 Å². The van der Waals surface area contributed by atoms with Crippen molar-refractivity contribution in [3.05, 3.63) is 12.7 Å². The van der Waals surface area contributed by atoms with Crippen LogP contribution < -0.4 is 0 Å². The summed E-state index contributed by atoms with van der Waals surface area (Å²) in [7, 11) is 2.89. The minimum Gasteiger partial charge on any atom is -0.337 e. The largest absolute Gasteiger partial charge is 0.337 e. The second-order valence-electron chi connectivity index (χ2n) is 1.19. The highest BCUT2D eigenvalue weighted by Gasteiger charge is 2.19. The molecule has 0 spiro atoms. The topological polar surface area (TPSA) is 18.5 Å². The lowest BCUT2D eigenvalue weighted by Gasteiger charge is -2.17. The quantitative estimate of drug-likeness (QED) is 0.331. The molecule has 0 rings (SSSR count). The van der Waals surface area contributed by atoms with Crippen molar-refractivity contribution >= 4 is 11.6 Å². The van der Waals surface area contributed by atoms with Gasteiger partial charge in [0.1, 0.15) is 0 Å². The summed E-state index contributed by atoms with van der Waals surface area (Å²) in [5, 5.41) is -1.14. The zero-order chi connectivity index (χ0) is 6.62. The summed E-state index contributed by atoms with van der Waals surface area (Å²) in [6.45, 7) is 3.39. The first-order chi connectivity index (χ1) is 3.68. The molecule has 0 saturated heterocycles. The van der Waals surface area contributed by atoms with Crippen molar-refractivity contribution in [3.63, 3.8) is 0 Å². The van der Waals surface area contributed by atoms with Crippen LogP contribution in [0, 0.1) is 0 Å². The van der Waals surface area contributed by atoms with E-state index in [1.165, 1.54) is 20.3 Å². The summed E-state index contributed by atoms with van der Waals surface area (Å²) in [5.74, 6) is 0. The third-order valence-corrected chi connectivity index (χ3v) is 1.26. The number of methoxy groups -OCH3 is 2. The van der Waals surface area contributed by atoms with E-state index >= 15 is 0 Å². The molecular formula is C5H9ClO2. The average Bonchev–Trinajstić information content (AvgIpc) is 1.87. The van der Waals surface area contributed by atoms with Crippen molar-refractivity contribution in [2.24, 2.45) is 0 Å². The van der Waals surface area contributed by atoms with E-state index < -0.39 is 5.25 Å². The summed E-state index contributed by atoms with van der Waals surface area (Å²) < 4.78 is 9.32. The van der Waals surface area contributed by atoms with Gasteiger partial charge < -0.3 is 9.47 Å². The predicted octanol–water partition coefficient (Wildman–Crippen LogP) is 1.36. The van der Waals surface area contributed by atoms with Crippen LogP contribution in [-0.2, 0) is 9.47 Å². The number of rotatable bonds is 3. The summed E-state index contributed by atoms with van der Waals surface area (Å²) in [6, 6.07) is 0. The van der Waals surface area contributed by atoms with E-state index in [2.05, 4.69) is 16.1 Å². The Balaban J connectivity index is 3.76. The first-order valence-corrected chi connectivity index (χ1v) is 2.49. The molecule has 0 unspecified atom stereocenters. The summed E-state index contributed by atoms with van der Waals surface area (Å²) in [4.78, 5) is 0. The Labute approximate surface area is 54.0 Å². The van der Waals surface area contributed by atoms with Gasteiger partial charge in [-0.1, -0.05) is 18.2 Å². The number of hydrogen-bond donors (Lipinski definition) is 0. The molecule has 0 aromatic heterocycles. The third kappa shape index (κ3) is 1.82. The van der Waals surface area contributed by atoms with E-state index in [4.69, 9.17) is 11.6 Å². The number of ether oxygens (including phenoxy) is 2. The second-order valence-corrected chi connectivity index (χ2v) is 1.72. The van der Waals surface area contributed by atoms with Crippen molar-refractivity contribution in [1.29, 1.82) is 0 Å². The molecule has 0 atom stereocenters. The first-order valence-electron chi connectivity index (χ1n) is 2.11. The molecule has 0 aliphatic rings. The molecule has 0 aliphatic heterocycles. The van der Waals surface area contributed by atoms with Gasteiger partial charge in [0.2, 0.25) is 0 Å². The molecule has 3 heteroatoms. The van der Waals surface area contributed by atoms with Crippen LogP contribution in [0.15, 0.2) is 12.7 Å². The lowest BCUT2D eigenvalue weighted by atomic mass is 10.6. The minimum atomic E-state index is -1.14. The zero-order valence-electron chi connectivity index (χ0n) is 4.98. The van der Waals surface area contributed by atoms with Crippen LogP contribution in [0.25, 0.3) is 0 Å². The standard InChI is InChI=1S/C5H9ClO2/c1-4-5(6,7-2)8-3/h4H,1H2,2-3H3. The van der Waals surface area contributed by atoms with Crippen molar-refractivity contribution in [3.8, 4) is 0 Å². The number of hydrogen-bond acceptors (Lipinski definition) is 2. The molecule has 0 radical (unpaired) electrons. The molecule has 8 heavy (non-hydrogen) atoms. The molecule has 0 aliphatic carbocycles. The molecule has 0 N–H and O–H groups in total. The molecule has 0 bridgehead atoms. The highest BCUT2D eigenvalue weighted by molar-refractivity contribution is 6.23. The number of halogens is 1. The van der Waals surface area contributed by atoms with Gasteiger partial charge in [-0.25, -0.2) is 0 Å². The Morgan fingerprint density at radius 3 is 1.88 bits per heavy atom. The maximum absolute atomic E-state index is 5.53. The van der Waals surface area contributed by atoms with Gasteiger partial charge in [-0.05, 0) is 6.08 Å². The van der Waals surface area contributed by atoms with Gasteiger partial charge in [-0.2, -0.15) is 0 Å². The van der Waals surface area contributed by atoms with Gasteiger partial charge in [0.25, 0.3) is 5.25 Å². The molecule has 2 nitrogen and oxygen atoms in total. The van der Waals surface area contributed by atoms with Crippen molar-refractivity contribution in [2.45, 2.75) is 5.25 Å². The fourth-order valence-electron chi connectivity index (χ4n) is 0.250. The second kappa shape index (κ2) is 3.07. The maximum Gasteiger partial charge on any atom is 0.268 e. The maximum atomic E-state index is 5.53. The van der Waals surface area contributed by atoms with Crippen LogP contribution in [-0.4, -0.2) is 19.5 Å². The monoisotopic (exact) mass is 136 g/mol. The lowest BCUT2D eigenvalue weighted by Crippen LogP contribution is -2.22.